The molecule has 30 heavy (non-hydrogen) atoms. The number of anilines is 1. The topological polar surface area (TPSA) is 42.0 Å². The third-order valence-electron chi connectivity index (χ3n) is 4.63. The Bertz CT molecular complexity index is 1190. The molecule has 0 saturated heterocycles. The van der Waals surface area contributed by atoms with Crippen molar-refractivity contribution in [2.24, 2.45) is 0 Å². The van der Waals surface area contributed by atoms with Gasteiger partial charge in [0.05, 0.1) is 5.69 Å². The van der Waals surface area contributed by atoms with Gasteiger partial charge in [-0.2, -0.15) is 0 Å². The minimum atomic E-state index is -0.187. The van der Waals surface area contributed by atoms with E-state index in [2.05, 4.69) is 29.8 Å². The van der Waals surface area contributed by atoms with Gasteiger partial charge in [0, 0.05) is 33.3 Å². The molecule has 4 aromatic rings. The zero-order valence-corrected chi connectivity index (χ0v) is 17.9. The van der Waals surface area contributed by atoms with Crippen LogP contribution in [0.3, 0.4) is 0 Å². The molecule has 0 unspecified atom stereocenters. The summed E-state index contributed by atoms with van der Waals surface area (Å²) in [5.74, 6) is -0.187. The normalized spacial score (nSPS) is 11.0. The van der Waals surface area contributed by atoms with Gasteiger partial charge >= 0.3 is 0 Å². The minimum Gasteiger partial charge on any atom is -0.323 e. The summed E-state index contributed by atoms with van der Waals surface area (Å²) in [5, 5.41) is 6.61. The number of nitrogens with zero attached hydrogens (tertiary/aromatic N) is 1. The maximum absolute atomic E-state index is 12.2. The van der Waals surface area contributed by atoms with Crippen molar-refractivity contribution in [2.75, 3.05) is 5.32 Å². The maximum Gasteiger partial charge on any atom is 0.248 e. The lowest BCUT2D eigenvalue weighted by Crippen LogP contribution is -2.07. The number of hydrogen-bond acceptors (Lipinski definition) is 3. The van der Waals surface area contributed by atoms with Crippen LogP contribution in [0.1, 0.15) is 11.1 Å². The van der Waals surface area contributed by atoms with E-state index in [0.29, 0.717) is 5.02 Å². The fourth-order valence-electron chi connectivity index (χ4n) is 3.00. The highest BCUT2D eigenvalue weighted by Gasteiger charge is 2.09. The molecule has 0 atom stereocenters. The SMILES string of the molecule is Cc1ccccc1-c1nc(-c2ccc(NC(=O)/C=C/c3ccc(Cl)cc3)cc2)cs1. The average molecular weight is 431 g/mol. The standard InChI is InChI=1S/C25H19ClN2OS/c1-17-4-2-3-5-22(17)25-28-23(16-30-25)19-9-13-21(14-10-19)27-24(29)15-8-18-6-11-20(26)12-7-18/h2-16H,1H3,(H,27,29)/b15-8+. The second-order valence-corrected chi connectivity index (χ2v) is 8.10. The third-order valence-corrected chi connectivity index (χ3v) is 5.75. The number of rotatable bonds is 5. The largest absolute Gasteiger partial charge is 0.323 e. The van der Waals surface area contributed by atoms with Crippen LogP contribution in [-0.4, -0.2) is 10.9 Å². The van der Waals surface area contributed by atoms with E-state index in [9.17, 15) is 4.79 Å². The van der Waals surface area contributed by atoms with Crippen LogP contribution < -0.4 is 5.32 Å². The van der Waals surface area contributed by atoms with Gasteiger partial charge in [-0.25, -0.2) is 4.98 Å². The molecule has 3 aromatic carbocycles. The van der Waals surface area contributed by atoms with Crippen molar-refractivity contribution in [2.45, 2.75) is 6.92 Å². The summed E-state index contributed by atoms with van der Waals surface area (Å²) in [5.41, 5.74) is 5.96. The molecule has 0 fully saturated rings. The Morgan fingerprint density at radius 2 is 1.73 bits per heavy atom. The average Bonchev–Trinajstić information content (AvgIpc) is 3.24. The molecule has 148 valence electrons. The summed E-state index contributed by atoms with van der Waals surface area (Å²) >= 11 is 7.50. The summed E-state index contributed by atoms with van der Waals surface area (Å²) in [7, 11) is 0. The Labute approximate surface area is 184 Å². The summed E-state index contributed by atoms with van der Waals surface area (Å²) in [6.45, 7) is 2.09. The van der Waals surface area contributed by atoms with E-state index in [1.807, 2.05) is 48.5 Å². The van der Waals surface area contributed by atoms with Crippen LogP contribution in [0.25, 0.3) is 27.9 Å². The molecule has 0 saturated carbocycles. The maximum atomic E-state index is 12.2. The predicted octanol–water partition coefficient (Wildman–Crippen LogP) is 7.09. The fourth-order valence-corrected chi connectivity index (χ4v) is 4.04. The van der Waals surface area contributed by atoms with Gasteiger partial charge in [0.2, 0.25) is 5.91 Å². The molecular formula is C25H19ClN2OS. The molecule has 0 radical (unpaired) electrons. The zero-order chi connectivity index (χ0) is 20.9. The highest BCUT2D eigenvalue weighted by Crippen LogP contribution is 2.31. The molecule has 3 nitrogen and oxygen atoms in total. The number of thiazole rings is 1. The molecule has 0 aliphatic heterocycles. The second kappa shape index (κ2) is 9.08. The Morgan fingerprint density at radius 3 is 2.47 bits per heavy atom. The van der Waals surface area contributed by atoms with Crippen molar-refractivity contribution in [3.63, 3.8) is 0 Å². The molecule has 1 N–H and O–H groups in total. The lowest BCUT2D eigenvalue weighted by atomic mass is 10.1. The molecule has 0 aliphatic rings. The summed E-state index contributed by atoms with van der Waals surface area (Å²) < 4.78 is 0. The minimum absolute atomic E-state index is 0.187. The number of carbonyl (C=O) groups excluding carboxylic acids is 1. The zero-order valence-electron chi connectivity index (χ0n) is 16.3. The Hall–Kier alpha value is -3.21. The number of amides is 1. The first kappa shape index (κ1) is 20.1. The summed E-state index contributed by atoms with van der Waals surface area (Å²) in [6.07, 6.45) is 3.26. The van der Waals surface area contributed by atoms with Crippen molar-refractivity contribution in [3.8, 4) is 21.8 Å². The third kappa shape index (κ3) is 4.85. The van der Waals surface area contributed by atoms with Crippen LogP contribution in [0.2, 0.25) is 5.02 Å². The monoisotopic (exact) mass is 430 g/mol. The number of benzene rings is 3. The van der Waals surface area contributed by atoms with E-state index >= 15 is 0 Å². The first-order valence-corrected chi connectivity index (χ1v) is 10.7. The van der Waals surface area contributed by atoms with Gasteiger partial charge in [0.1, 0.15) is 5.01 Å². The molecule has 5 heteroatoms. The van der Waals surface area contributed by atoms with Crippen molar-refractivity contribution in [1.29, 1.82) is 0 Å². The molecule has 0 bridgehead atoms. The molecule has 0 aliphatic carbocycles. The number of nitrogens with one attached hydrogen (secondary N) is 1. The number of hydrogen-bond donors (Lipinski definition) is 1. The van der Waals surface area contributed by atoms with Gasteiger partial charge in [-0.1, -0.05) is 60.1 Å². The van der Waals surface area contributed by atoms with Crippen LogP contribution in [0.15, 0.2) is 84.3 Å². The first-order chi connectivity index (χ1) is 14.6. The Balaban J connectivity index is 1.42. The lowest BCUT2D eigenvalue weighted by Gasteiger charge is -2.04. The smallest absolute Gasteiger partial charge is 0.248 e. The molecule has 4 rings (SSSR count). The molecule has 1 aromatic heterocycles. The number of carbonyl (C=O) groups is 1. The second-order valence-electron chi connectivity index (χ2n) is 6.80. The predicted molar refractivity (Wildman–Crippen MR) is 127 cm³/mol. The first-order valence-electron chi connectivity index (χ1n) is 9.45. The highest BCUT2D eigenvalue weighted by atomic mass is 35.5. The van der Waals surface area contributed by atoms with E-state index in [4.69, 9.17) is 16.6 Å². The lowest BCUT2D eigenvalue weighted by molar-refractivity contribution is -0.111. The van der Waals surface area contributed by atoms with Crippen LogP contribution in [0.5, 0.6) is 0 Å². The van der Waals surface area contributed by atoms with Gasteiger partial charge in [-0.05, 0) is 48.4 Å². The molecular weight excluding hydrogens is 412 g/mol. The number of aromatic nitrogens is 1. The van der Waals surface area contributed by atoms with Gasteiger partial charge in [0.25, 0.3) is 0 Å². The summed E-state index contributed by atoms with van der Waals surface area (Å²) in [4.78, 5) is 16.9. The van der Waals surface area contributed by atoms with Crippen molar-refractivity contribution < 1.29 is 4.79 Å². The van der Waals surface area contributed by atoms with E-state index in [1.54, 1.807) is 29.5 Å². The van der Waals surface area contributed by atoms with E-state index in [1.165, 1.54) is 11.6 Å². The van der Waals surface area contributed by atoms with E-state index in [-0.39, 0.29) is 5.91 Å². The van der Waals surface area contributed by atoms with Crippen LogP contribution in [0.4, 0.5) is 5.69 Å². The number of halogens is 1. The van der Waals surface area contributed by atoms with E-state index < -0.39 is 0 Å². The van der Waals surface area contributed by atoms with Gasteiger partial charge in [-0.15, -0.1) is 11.3 Å². The Morgan fingerprint density at radius 1 is 1.00 bits per heavy atom. The highest BCUT2D eigenvalue weighted by molar-refractivity contribution is 7.13. The molecule has 1 heterocycles. The summed E-state index contributed by atoms with van der Waals surface area (Å²) in [6, 6.07) is 23.3. The quantitative estimate of drug-likeness (QED) is 0.343. The Kier molecular flexibility index (Phi) is 6.07. The van der Waals surface area contributed by atoms with Crippen molar-refractivity contribution in [1.82, 2.24) is 4.98 Å². The van der Waals surface area contributed by atoms with Crippen molar-refractivity contribution >= 4 is 40.6 Å². The van der Waals surface area contributed by atoms with Crippen LogP contribution >= 0.6 is 22.9 Å². The van der Waals surface area contributed by atoms with Crippen molar-refractivity contribution in [3.05, 3.63) is 100 Å². The van der Waals surface area contributed by atoms with Crippen LogP contribution in [-0.2, 0) is 4.79 Å². The fraction of sp³-hybridized carbons (Fsp3) is 0.0400. The molecule has 0 spiro atoms. The number of aryl methyl sites for hydroxylation is 1. The molecule has 1 amide bonds. The van der Waals surface area contributed by atoms with Crippen LogP contribution in [0, 0.1) is 6.92 Å². The van der Waals surface area contributed by atoms with Gasteiger partial charge in [0.15, 0.2) is 0 Å². The van der Waals surface area contributed by atoms with Gasteiger partial charge < -0.3 is 5.32 Å². The van der Waals surface area contributed by atoms with E-state index in [0.717, 1.165) is 33.1 Å². The van der Waals surface area contributed by atoms with Gasteiger partial charge in [-0.3, -0.25) is 4.79 Å².